The number of rotatable bonds is 4. The van der Waals surface area contributed by atoms with Gasteiger partial charge in [0.25, 0.3) is 0 Å². The quantitative estimate of drug-likeness (QED) is 0.812. The van der Waals surface area contributed by atoms with E-state index in [4.69, 9.17) is 9.84 Å². The Balaban J connectivity index is 2.20. The number of carbonyl (C=O) groups is 1. The molecule has 0 bridgehead atoms. The molecule has 7 heteroatoms. The molecule has 1 aromatic heterocycles. The van der Waals surface area contributed by atoms with Crippen molar-refractivity contribution >= 4 is 33.6 Å². The van der Waals surface area contributed by atoms with Crippen LogP contribution in [0, 0.1) is 0 Å². The van der Waals surface area contributed by atoms with E-state index >= 15 is 0 Å². The lowest BCUT2D eigenvalue weighted by molar-refractivity contribution is 0.191. The lowest BCUT2D eigenvalue weighted by Crippen LogP contribution is -2.26. The van der Waals surface area contributed by atoms with Crippen LogP contribution in [0.2, 0.25) is 0 Å². The molecule has 0 aliphatic rings. The highest BCUT2D eigenvalue weighted by Crippen LogP contribution is 2.24. The molecule has 0 saturated heterocycles. The predicted molar refractivity (Wildman–Crippen MR) is 51.3 cm³/mol. The van der Waals surface area contributed by atoms with E-state index in [2.05, 4.69) is 25.6 Å². The Morgan fingerprint density at radius 1 is 1.85 bits per heavy atom. The standard InChI is InChI=1S/C6H7BrN2O3S/c7-4-3-13-9-5(4)12-2-1-8-6(10)11/h3,8H,1-2H2,(H,10,11). The van der Waals surface area contributed by atoms with E-state index in [1.165, 1.54) is 11.5 Å². The minimum atomic E-state index is -1.05. The normalized spacial score (nSPS) is 9.62. The smallest absolute Gasteiger partial charge is 0.404 e. The number of hydrogen-bond donors (Lipinski definition) is 2. The number of halogens is 1. The molecule has 0 saturated carbocycles. The number of nitrogens with zero attached hydrogens (tertiary/aromatic N) is 1. The molecule has 0 radical (unpaired) electrons. The highest BCUT2D eigenvalue weighted by Gasteiger charge is 2.03. The summed E-state index contributed by atoms with van der Waals surface area (Å²) in [5, 5.41) is 12.2. The molecule has 1 heterocycles. The number of aromatic nitrogens is 1. The fraction of sp³-hybridized carbons (Fsp3) is 0.333. The summed E-state index contributed by atoms with van der Waals surface area (Å²) in [4.78, 5) is 10.0. The molecule has 0 fully saturated rings. The first-order valence-electron chi connectivity index (χ1n) is 3.39. The van der Waals surface area contributed by atoms with Gasteiger partial charge in [-0.1, -0.05) is 0 Å². The van der Waals surface area contributed by atoms with E-state index in [9.17, 15) is 4.79 Å². The van der Waals surface area contributed by atoms with Gasteiger partial charge in [0.1, 0.15) is 6.61 Å². The SMILES string of the molecule is O=C(O)NCCOc1nscc1Br. The maximum Gasteiger partial charge on any atom is 0.404 e. The zero-order valence-electron chi connectivity index (χ0n) is 6.49. The summed E-state index contributed by atoms with van der Waals surface area (Å²) in [5.74, 6) is 0.497. The Morgan fingerprint density at radius 3 is 3.15 bits per heavy atom. The van der Waals surface area contributed by atoms with Crippen LogP contribution in [0.15, 0.2) is 9.85 Å². The fourth-order valence-corrected chi connectivity index (χ4v) is 1.68. The minimum absolute atomic E-state index is 0.249. The fourth-order valence-electron chi connectivity index (χ4n) is 0.615. The van der Waals surface area contributed by atoms with Crippen molar-refractivity contribution in [2.45, 2.75) is 0 Å². The molecule has 5 nitrogen and oxygen atoms in total. The first kappa shape index (κ1) is 10.3. The third kappa shape index (κ3) is 3.60. The van der Waals surface area contributed by atoms with E-state index in [1.807, 2.05) is 0 Å². The van der Waals surface area contributed by atoms with E-state index in [0.717, 1.165) is 4.47 Å². The number of carboxylic acid groups (broad SMARTS) is 1. The van der Waals surface area contributed by atoms with Crippen molar-refractivity contribution in [2.75, 3.05) is 13.2 Å². The molecule has 0 aliphatic carbocycles. The maximum absolute atomic E-state index is 10.0. The van der Waals surface area contributed by atoms with Gasteiger partial charge in [-0.25, -0.2) is 4.79 Å². The first-order chi connectivity index (χ1) is 6.20. The Kier molecular flexibility index (Phi) is 3.97. The molecular formula is C6H7BrN2O3S. The maximum atomic E-state index is 10.0. The zero-order chi connectivity index (χ0) is 9.68. The van der Waals surface area contributed by atoms with Crippen molar-refractivity contribution in [3.05, 3.63) is 9.85 Å². The number of amides is 1. The van der Waals surface area contributed by atoms with E-state index in [-0.39, 0.29) is 13.2 Å². The lowest BCUT2D eigenvalue weighted by Gasteiger charge is -2.02. The van der Waals surface area contributed by atoms with Crippen molar-refractivity contribution in [1.29, 1.82) is 0 Å². The van der Waals surface area contributed by atoms with Crippen molar-refractivity contribution in [2.24, 2.45) is 0 Å². The molecule has 2 N–H and O–H groups in total. The highest BCUT2D eigenvalue weighted by molar-refractivity contribution is 9.10. The monoisotopic (exact) mass is 266 g/mol. The zero-order valence-corrected chi connectivity index (χ0v) is 8.89. The van der Waals surface area contributed by atoms with E-state index < -0.39 is 6.09 Å². The van der Waals surface area contributed by atoms with Crippen molar-refractivity contribution < 1.29 is 14.6 Å². The van der Waals surface area contributed by atoms with Gasteiger partial charge in [-0.3, -0.25) is 0 Å². The van der Waals surface area contributed by atoms with Crippen LogP contribution in [-0.2, 0) is 0 Å². The summed E-state index contributed by atoms with van der Waals surface area (Å²) < 4.78 is 9.87. The Bertz CT molecular complexity index is 291. The van der Waals surface area contributed by atoms with Gasteiger partial charge in [0.05, 0.1) is 11.0 Å². The molecule has 1 aromatic rings. The van der Waals surface area contributed by atoms with Gasteiger partial charge in [0.15, 0.2) is 0 Å². The summed E-state index contributed by atoms with van der Waals surface area (Å²) >= 11 is 4.51. The number of hydrogen-bond acceptors (Lipinski definition) is 4. The van der Waals surface area contributed by atoms with E-state index in [1.54, 1.807) is 5.38 Å². The average molecular weight is 267 g/mol. The highest BCUT2D eigenvalue weighted by atomic mass is 79.9. The van der Waals surface area contributed by atoms with Crippen LogP contribution in [-0.4, -0.2) is 28.7 Å². The molecule has 13 heavy (non-hydrogen) atoms. The summed E-state index contributed by atoms with van der Waals surface area (Å²) in [5.41, 5.74) is 0. The van der Waals surface area contributed by atoms with Gasteiger partial charge >= 0.3 is 6.09 Å². The van der Waals surface area contributed by atoms with Crippen LogP contribution in [0.5, 0.6) is 5.88 Å². The predicted octanol–water partition coefficient (Wildman–Crippen LogP) is 1.55. The third-order valence-electron chi connectivity index (χ3n) is 1.11. The summed E-state index contributed by atoms with van der Waals surface area (Å²) in [6, 6.07) is 0. The van der Waals surface area contributed by atoms with Crippen LogP contribution in [0.1, 0.15) is 0 Å². The van der Waals surface area contributed by atoms with Crippen LogP contribution in [0.25, 0.3) is 0 Å². The van der Waals surface area contributed by atoms with Crippen molar-refractivity contribution in [1.82, 2.24) is 9.69 Å². The van der Waals surface area contributed by atoms with Crippen LogP contribution >= 0.6 is 27.5 Å². The van der Waals surface area contributed by atoms with E-state index in [0.29, 0.717) is 5.88 Å². The van der Waals surface area contributed by atoms with Crippen LogP contribution < -0.4 is 10.1 Å². The van der Waals surface area contributed by atoms with Crippen molar-refractivity contribution in [3.63, 3.8) is 0 Å². The van der Waals surface area contributed by atoms with Crippen LogP contribution in [0.4, 0.5) is 4.79 Å². The van der Waals surface area contributed by atoms with Gasteiger partial charge in [-0.2, -0.15) is 4.37 Å². The van der Waals surface area contributed by atoms with Gasteiger partial charge < -0.3 is 15.2 Å². The van der Waals surface area contributed by atoms with Crippen LogP contribution in [0.3, 0.4) is 0 Å². The molecule has 1 amide bonds. The second kappa shape index (κ2) is 5.03. The third-order valence-corrected chi connectivity index (χ3v) is 2.60. The summed E-state index contributed by atoms with van der Waals surface area (Å²) in [6.07, 6.45) is -1.05. The number of nitrogens with one attached hydrogen (secondary N) is 1. The Labute approximate surface area is 87.0 Å². The Morgan fingerprint density at radius 2 is 2.62 bits per heavy atom. The molecule has 0 aromatic carbocycles. The lowest BCUT2D eigenvalue weighted by atomic mass is 10.6. The Hall–Kier alpha value is -0.820. The molecule has 72 valence electrons. The molecule has 0 atom stereocenters. The van der Waals surface area contributed by atoms with Crippen molar-refractivity contribution in [3.8, 4) is 5.88 Å². The average Bonchev–Trinajstić information content (AvgIpc) is 2.45. The first-order valence-corrected chi connectivity index (χ1v) is 5.02. The second-order valence-electron chi connectivity index (χ2n) is 2.05. The van der Waals surface area contributed by atoms with Gasteiger partial charge in [-0.05, 0) is 27.5 Å². The summed E-state index contributed by atoms with van der Waals surface area (Å²) in [7, 11) is 0. The van der Waals surface area contributed by atoms with Gasteiger partial charge in [-0.15, -0.1) is 0 Å². The number of ether oxygens (including phenoxy) is 1. The topological polar surface area (TPSA) is 71.5 Å². The molecule has 0 unspecified atom stereocenters. The molecule has 0 spiro atoms. The minimum Gasteiger partial charge on any atom is -0.474 e. The second-order valence-corrected chi connectivity index (χ2v) is 3.53. The largest absolute Gasteiger partial charge is 0.474 e. The molecule has 0 aliphatic heterocycles. The molecular weight excluding hydrogens is 260 g/mol. The molecule has 1 rings (SSSR count). The van der Waals surface area contributed by atoms with Gasteiger partial charge in [0.2, 0.25) is 5.88 Å². The summed E-state index contributed by atoms with van der Waals surface area (Å²) in [6.45, 7) is 0.522. The van der Waals surface area contributed by atoms with Gasteiger partial charge in [0, 0.05) is 5.38 Å².